The Morgan fingerprint density at radius 2 is 2.25 bits per heavy atom. The summed E-state index contributed by atoms with van der Waals surface area (Å²) >= 11 is 0. The van der Waals surface area contributed by atoms with Gasteiger partial charge in [0.2, 0.25) is 0 Å². The summed E-state index contributed by atoms with van der Waals surface area (Å²) in [7, 11) is 1.36. The molecule has 0 saturated heterocycles. The first-order valence-electron chi connectivity index (χ1n) is 3.94. The Balaban J connectivity index is 3.74. The van der Waals surface area contributed by atoms with Crippen LogP contribution in [0.1, 0.15) is 20.3 Å². The van der Waals surface area contributed by atoms with Gasteiger partial charge in [-0.25, -0.2) is 4.79 Å². The lowest BCUT2D eigenvalue weighted by molar-refractivity contribution is 0.165. The van der Waals surface area contributed by atoms with E-state index in [4.69, 9.17) is 0 Å². The molecular weight excluding hydrogens is 154 g/mol. The molecule has 0 unspecified atom stereocenters. The topological polar surface area (TPSA) is 38.3 Å². The minimum Gasteiger partial charge on any atom is -0.453 e. The Hall–Kier alpha value is -0.990. The van der Waals surface area contributed by atoms with Crippen LogP contribution >= 0.6 is 0 Å². The van der Waals surface area contributed by atoms with Gasteiger partial charge in [0.15, 0.2) is 0 Å². The normalized spacial score (nSPS) is 10.6. The van der Waals surface area contributed by atoms with Gasteiger partial charge in [0.05, 0.1) is 7.11 Å². The van der Waals surface area contributed by atoms with Crippen molar-refractivity contribution in [2.45, 2.75) is 20.3 Å². The van der Waals surface area contributed by atoms with E-state index in [-0.39, 0.29) is 11.5 Å². The molecule has 70 valence electrons. The van der Waals surface area contributed by atoms with Crippen molar-refractivity contribution >= 4 is 6.09 Å². The van der Waals surface area contributed by atoms with E-state index in [2.05, 4.69) is 30.5 Å². The van der Waals surface area contributed by atoms with E-state index in [0.717, 1.165) is 6.42 Å². The highest BCUT2D eigenvalue weighted by molar-refractivity contribution is 5.66. The first-order valence-corrected chi connectivity index (χ1v) is 3.94. The number of methoxy groups -OCH3 is 1. The largest absolute Gasteiger partial charge is 0.453 e. The van der Waals surface area contributed by atoms with Crippen LogP contribution in [0.5, 0.6) is 0 Å². The average molecular weight is 171 g/mol. The minimum atomic E-state index is -0.382. The Labute approximate surface area is 73.8 Å². The van der Waals surface area contributed by atoms with Crippen LogP contribution in [0.2, 0.25) is 0 Å². The van der Waals surface area contributed by atoms with Crippen LogP contribution in [0.15, 0.2) is 12.7 Å². The molecule has 0 aromatic heterocycles. The predicted molar refractivity (Wildman–Crippen MR) is 49.0 cm³/mol. The fourth-order valence-electron chi connectivity index (χ4n) is 0.847. The van der Waals surface area contributed by atoms with Gasteiger partial charge in [-0.05, 0) is 11.8 Å². The van der Waals surface area contributed by atoms with E-state index in [1.165, 1.54) is 7.11 Å². The number of hydrogen-bond acceptors (Lipinski definition) is 2. The van der Waals surface area contributed by atoms with Crippen LogP contribution in [-0.2, 0) is 4.74 Å². The van der Waals surface area contributed by atoms with Crippen LogP contribution in [0.4, 0.5) is 4.79 Å². The van der Waals surface area contributed by atoms with E-state index >= 15 is 0 Å². The lowest BCUT2D eigenvalue weighted by Crippen LogP contribution is -2.33. The highest BCUT2D eigenvalue weighted by Gasteiger charge is 2.16. The highest BCUT2D eigenvalue weighted by Crippen LogP contribution is 2.18. The van der Waals surface area contributed by atoms with Gasteiger partial charge >= 0.3 is 6.09 Å². The SMILES string of the molecule is C=CCC(C)(C)CNC(=O)OC. The van der Waals surface area contributed by atoms with Gasteiger partial charge in [-0.15, -0.1) is 6.58 Å². The second kappa shape index (κ2) is 4.80. The summed E-state index contributed by atoms with van der Waals surface area (Å²) in [6.45, 7) is 8.37. The van der Waals surface area contributed by atoms with E-state index in [0.29, 0.717) is 6.54 Å². The first-order chi connectivity index (χ1) is 5.52. The molecule has 0 radical (unpaired) electrons. The van der Waals surface area contributed by atoms with Crippen LogP contribution < -0.4 is 5.32 Å². The molecule has 0 heterocycles. The van der Waals surface area contributed by atoms with Gasteiger partial charge < -0.3 is 10.1 Å². The molecule has 1 N–H and O–H groups in total. The zero-order valence-electron chi connectivity index (χ0n) is 8.02. The average Bonchev–Trinajstić information content (AvgIpc) is 2.00. The minimum absolute atomic E-state index is 0.0515. The standard InChI is InChI=1S/C9H17NO2/c1-5-6-9(2,3)7-10-8(11)12-4/h5H,1,6-7H2,2-4H3,(H,10,11). The molecule has 0 bridgehead atoms. The number of carbonyl (C=O) groups is 1. The van der Waals surface area contributed by atoms with E-state index in [1.54, 1.807) is 0 Å². The summed E-state index contributed by atoms with van der Waals surface area (Å²) in [5.41, 5.74) is 0.0515. The fourth-order valence-corrected chi connectivity index (χ4v) is 0.847. The number of alkyl carbamates (subject to hydrolysis) is 1. The molecule has 0 aromatic carbocycles. The summed E-state index contributed by atoms with van der Waals surface area (Å²) in [6.07, 6.45) is 2.34. The molecule has 12 heavy (non-hydrogen) atoms. The monoisotopic (exact) mass is 171 g/mol. The molecule has 3 heteroatoms. The molecule has 0 rings (SSSR count). The summed E-state index contributed by atoms with van der Waals surface area (Å²) < 4.78 is 4.45. The lowest BCUT2D eigenvalue weighted by Gasteiger charge is -2.22. The quantitative estimate of drug-likeness (QED) is 0.656. The molecule has 0 saturated carbocycles. The number of rotatable bonds is 4. The third-order valence-electron chi connectivity index (χ3n) is 1.59. The van der Waals surface area contributed by atoms with Crippen molar-refractivity contribution < 1.29 is 9.53 Å². The van der Waals surface area contributed by atoms with Gasteiger partial charge in [0.25, 0.3) is 0 Å². The maximum absolute atomic E-state index is 10.7. The van der Waals surface area contributed by atoms with Gasteiger partial charge in [-0.1, -0.05) is 19.9 Å². The molecule has 0 atom stereocenters. The van der Waals surface area contributed by atoms with Gasteiger partial charge in [-0.2, -0.15) is 0 Å². The van der Waals surface area contributed by atoms with Crippen molar-refractivity contribution in [1.29, 1.82) is 0 Å². The van der Waals surface area contributed by atoms with Crippen LogP contribution in [-0.4, -0.2) is 19.7 Å². The maximum Gasteiger partial charge on any atom is 0.406 e. The summed E-state index contributed by atoms with van der Waals surface area (Å²) in [5.74, 6) is 0. The van der Waals surface area contributed by atoms with Crippen molar-refractivity contribution in [3.8, 4) is 0 Å². The number of allylic oxidation sites excluding steroid dienone is 1. The highest BCUT2D eigenvalue weighted by atomic mass is 16.5. The Morgan fingerprint density at radius 3 is 2.67 bits per heavy atom. The molecule has 1 amide bonds. The smallest absolute Gasteiger partial charge is 0.406 e. The Bertz CT molecular complexity index is 164. The third-order valence-corrected chi connectivity index (χ3v) is 1.59. The molecule has 0 aliphatic heterocycles. The zero-order chi connectivity index (χ0) is 9.61. The zero-order valence-corrected chi connectivity index (χ0v) is 8.02. The van der Waals surface area contributed by atoms with Crippen LogP contribution in [0.25, 0.3) is 0 Å². The van der Waals surface area contributed by atoms with Gasteiger partial charge in [-0.3, -0.25) is 0 Å². The number of carbonyl (C=O) groups excluding carboxylic acids is 1. The molecule has 3 nitrogen and oxygen atoms in total. The van der Waals surface area contributed by atoms with E-state index in [1.807, 2.05) is 6.08 Å². The predicted octanol–water partition coefficient (Wildman–Crippen LogP) is 1.94. The van der Waals surface area contributed by atoms with Crippen molar-refractivity contribution in [3.05, 3.63) is 12.7 Å². The van der Waals surface area contributed by atoms with Crippen LogP contribution in [0, 0.1) is 5.41 Å². The second-order valence-corrected chi connectivity index (χ2v) is 3.50. The summed E-state index contributed by atoms with van der Waals surface area (Å²) in [4.78, 5) is 10.7. The van der Waals surface area contributed by atoms with Crippen LogP contribution in [0.3, 0.4) is 0 Å². The molecular formula is C9H17NO2. The van der Waals surface area contributed by atoms with E-state index in [9.17, 15) is 4.79 Å². The maximum atomic E-state index is 10.7. The summed E-state index contributed by atoms with van der Waals surface area (Å²) in [6, 6.07) is 0. The van der Waals surface area contributed by atoms with Crippen molar-refractivity contribution in [3.63, 3.8) is 0 Å². The second-order valence-electron chi connectivity index (χ2n) is 3.50. The van der Waals surface area contributed by atoms with Gasteiger partial charge in [0, 0.05) is 6.54 Å². The Morgan fingerprint density at radius 1 is 1.67 bits per heavy atom. The molecule has 0 aliphatic rings. The molecule has 0 spiro atoms. The first kappa shape index (κ1) is 11.0. The Kier molecular flexibility index (Phi) is 4.40. The number of hydrogen-bond donors (Lipinski definition) is 1. The van der Waals surface area contributed by atoms with Crippen molar-refractivity contribution in [1.82, 2.24) is 5.32 Å². The fraction of sp³-hybridized carbons (Fsp3) is 0.667. The van der Waals surface area contributed by atoms with Crippen molar-refractivity contribution in [2.24, 2.45) is 5.41 Å². The molecule has 0 aromatic rings. The third kappa shape index (κ3) is 4.77. The number of nitrogens with one attached hydrogen (secondary N) is 1. The summed E-state index contributed by atoms with van der Waals surface area (Å²) in [5, 5.41) is 2.65. The van der Waals surface area contributed by atoms with E-state index < -0.39 is 0 Å². The lowest BCUT2D eigenvalue weighted by atomic mass is 9.89. The number of ether oxygens (including phenoxy) is 1. The molecule has 0 fully saturated rings. The molecule has 0 aliphatic carbocycles. The van der Waals surface area contributed by atoms with Gasteiger partial charge in [0.1, 0.15) is 0 Å². The van der Waals surface area contributed by atoms with Crippen molar-refractivity contribution in [2.75, 3.05) is 13.7 Å². The number of amides is 1.